The number of aryl methyl sites for hydroxylation is 1. The second-order valence-electron chi connectivity index (χ2n) is 4.28. The summed E-state index contributed by atoms with van der Waals surface area (Å²) in [6.07, 6.45) is 3.56. The maximum atomic E-state index is 11.1. The number of rotatable bonds is 6. The Labute approximate surface area is 117 Å². The molecule has 0 saturated carbocycles. The Morgan fingerprint density at radius 2 is 2.25 bits per heavy atom. The molecule has 2 aromatic rings. The van der Waals surface area contributed by atoms with E-state index in [0.29, 0.717) is 18.0 Å². The van der Waals surface area contributed by atoms with Crippen molar-refractivity contribution in [3.05, 3.63) is 42.0 Å². The van der Waals surface area contributed by atoms with Gasteiger partial charge in [-0.2, -0.15) is 0 Å². The third-order valence-corrected chi connectivity index (χ3v) is 3.00. The normalized spacial score (nSPS) is 10.3. The number of aromatic carboxylic acids is 1. The topological polar surface area (TPSA) is 76.4 Å². The summed E-state index contributed by atoms with van der Waals surface area (Å²) in [6, 6.07) is 4.83. The summed E-state index contributed by atoms with van der Waals surface area (Å²) >= 11 is 0. The Bertz CT molecular complexity index is 607. The van der Waals surface area contributed by atoms with E-state index in [1.165, 1.54) is 13.2 Å². The number of carboxylic acids is 1. The Hall–Kier alpha value is -2.50. The third kappa shape index (κ3) is 3.09. The van der Waals surface area contributed by atoms with E-state index in [4.69, 9.17) is 9.84 Å². The van der Waals surface area contributed by atoms with E-state index in [2.05, 4.69) is 10.3 Å². The molecule has 0 aliphatic carbocycles. The lowest BCUT2D eigenvalue weighted by Gasteiger charge is -2.10. The smallest absolute Gasteiger partial charge is 0.335 e. The highest BCUT2D eigenvalue weighted by atomic mass is 16.5. The van der Waals surface area contributed by atoms with E-state index in [-0.39, 0.29) is 5.56 Å². The van der Waals surface area contributed by atoms with E-state index in [1.807, 2.05) is 11.5 Å². The minimum absolute atomic E-state index is 0.191. The Morgan fingerprint density at radius 3 is 2.90 bits per heavy atom. The first-order valence-electron chi connectivity index (χ1n) is 6.29. The highest BCUT2D eigenvalue weighted by molar-refractivity contribution is 5.89. The van der Waals surface area contributed by atoms with E-state index in [0.717, 1.165) is 12.2 Å². The fourth-order valence-corrected chi connectivity index (χ4v) is 1.92. The van der Waals surface area contributed by atoms with Crippen LogP contribution in [0, 0.1) is 0 Å². The Kier molecular flexibility index (Phi) is 4.24. The van der Waals surface area contributed by atoms with Gasteiger partial charge in [0, 0.05) is 24.5 Å². The van der Waals surface area contributed by atoms with Crippen LogP contribution >= 0.6 is 0 Å². The highest BCUT2D eigenvalue weighted by Gasteiger charge is 2.08. The van der Waals surface area contributed by atoms with Crippen molar-refractivity contribution in [3.63, 3.8) is 0 Å². The van der Waals surface area contributed by atoms with Gasteiger partial charge in [0.05, 0.1) is 31.2 Å². The van der Waals surface area contributed by atoms with Crippen molar-refractivity contribution in [1.29, 1.82) is 0 Å². The number of nitrogens with one attached hydrogen (secondary N) is 1. The second kappa shape index (κ2) is 6.10. The number of hydrogen-bond donors (Lipinski definition) is 2. The molecule has 0 radical (unpaired) electrons. The number of benzene rings is 1. The fraction of sp³-hybridized carbons (Fsp3) is 0.286. The SMILES string of the molecule is CCn1cncc1CNc1cc(OC)cc(C(=O)O)c1. The molecule has 20 heavy (non-hydrogen) atoms. The number of aromatic nitrogens is 2. The van der Waals surface area contributed by atoms with Crippen molar-refractivity contribution >= 4 is 11.7 Å². The molecule has 0 bridgehead atoms. The van der Waals surface area contributed by atoms with Crippen LogP contribution in [0.5, 0.6) is 5.75 Å². The molecule has 2 rings (SSSR count). The molecule has 106 valence electrons. The van der Waals surface area contributed by atoms with Crippen LogP contribution in [0.4, 0.5) is 5.69 Å². The summed E-state index contributed by atoms with van der Waals surface area (Å²) in [5.41, 5.74) is 1.92. The van der Waals surface area contributed by atoms with Gasteiger partial charge in [-0.25, -0.2) is 9.78 Å². The molecule has 0 aliphatic rings. The number of carbonyl (C=O) groups is 1. The lowest BCUT2D eigenvalue weighted by atomic mass is 10.2. The molecule has 0 spiro atoms. The van der Waals surface area contributed by atoms with Crippen molar-refractivity contribution in [3.8, 4) is 5.75 Å². The molecule has 6 nitrogen and oxygen atoms in total. The molecular formula is C14H17N3O3. The molecule has 1 aromatic heterocycles. The van der Waals surface area contributed by atoms with E-state index in [9.17, 15) is 4.79 Å². The molecule has 0 unspecified atom stereocenters. The van der Waals surface area contributed by atoms with Crippen molar-refractivity contribution < 1.29 is 14.6 Å². The molecule has 0 amide bonds. The number of methoxy groups -OCH3 is 1. The molecular weight excluding hydrogens is 258 g/mol. The second-order valence-corrected chi connectivity index (χ2v) is 4.28. The Balaban J connectivity index is 2.16. The van der Waals surface area contributed by atoms with Gasteiger partial charge in [-0.05, 0) is 19.1 Å². The van der Waals surface area contributed by atoms with Crippen LogP contribution in [0.15, 0.2) is 30.7 Å². The largest absolute Gasteiger partial charge is 0.497 e. The van der Waals surface area contributed by atoms with Crippen LogP contribution < -0.4 is 10.1 Å². The molecule has 1 aromatic carbocycles. The van der Waals surface area contributed by atoms with Crippen LogP contribution in [-0.2, 0) is 13.1 Å². The lowest BCUT2D eigenvalue weighted by molar-refractivity contribution is 0.0696. The number of nitrogens with zero attached hydrogens (tertiary/aromatic N) is 2. The molecule has 6 heteroatoms. The van der Waals surface area contributed by atoms with Crippen molar-refractivity contribution in [2.75, 3.05) is 12.4 Å². The maximum Gasteiger partial charge on any atom is 0.335 e. The van der Waals surface area contributed by atoms with Gasteiger partial charge in [-0.3, -0.25) is 0 Å². The average molecular weight is 275 g/mol. The predicted molar refractivity (Wildman–Crippen MR) is 75.2 cm³/mol. The average Bonchev–Trinajstić information content (AvgIpc) is 2.92. The van der Waals surface area contributed by atoms with Gasteiger partial charge >= 0.3 is 5.97 Å². The first-order valence-corrected chi connectivity index (χ1v) is 6.29. The van der Waals surface area contributed by atoms with Crippen molar-refractivity contribution in [2.24, 2.45) is 0 Å². The van der Waals surface area contributed by atoms with Gasteiger partial charge in [0.15, 0.2) is 0 Å². The zero-order valence-electron chi connectivity index (χ0n) is 11.5. The van der Waals surface area contributed by atoms with Gasteiger partial charge in [0.2, 0.25) is 0 Å². The maximum absolute atomic E-state index is 11.1. The minimum atomic E-state index is -0.981. The summed E-state index contributed by atoms with van der Waals surface area (Å²) in [4.78, 5) is 15.1. The molecule has 0 aliphatic heterocycles. The number of imidazole rings is 1. The molecule has 0 fully saturated rings. The molecule has 2 N–H and O–H groups in total. The fourth-order valence-electron chi connectivity index (χ4n) is 1.92. The van der Waals surface area contributed by atoms with Gasteiger partial charge in [-0.15, -0.1) is 0 Å². The van der Waals surface area contributed by atoms with Gasteiger partial charge < -0.3 is 19.7 Å². The van der Waals surface area contributed by atoms with Crippen LogP contribution in [0.3, 0.4) is 0 Å². The monoisotopic (exact) mass is 275 g/mol. The van der Waals surface area contributed by atoms with Crippen molar-refractivity contribution in [2.45, 2.75) is 20.0 Å². The molecule has 0 saturated heterocycles. The zero-order chi connectivity index (χ0) is 14.5. The first-order chi connectivity index (χ1) is 9.63. The number of hydrogen-bond acceptors (Lipinski definition) is 4. The van der Waals surface area contributed by atoms with Crippen LogP contribution in [0.25, 0.3) is 0 Å². The van der Waals surface area contributed by atoms with Crippen molar-refractivity contribution in [1.82, 2.24) is 9.55 Å². The van der Waals surface area contributed by atoms with Gasteiger partial charge in [0.25, 0.3) is 0 Å². The van der Waals surface area contributed by atoms with E-state index in [1.54, 1.807) is 24.7 Å². The number of carboxylic acid groups (broad SMARTS) is 1. The summed E-state index contributed by atoms with van der Waals surface area (Å²) in [7, 11) is 1.51. The summed E-state index contributed by atoms with van der Waals surface area (Å²) in [5, 5.41) is 12.3. The van der Waals surface area contributed by atoms with Crippen LogP contribution in [0.1, 0.15) is 23.0 Å². The predicted octanol–water partition coefficient (Wildman–Crippen LogP) is 2.22. The van der Waals surface area contributed by atoms with Crippen LogP contribution in [0.2, 0.25) is 0 Å². The lowest BCUT2D eigenvalue weighted by Crippen LogP contribution is -2.07. The quantitative estimate of drug-likeness (QED) is 0.845. The standard InChI is InChI=1S/C14H17N3O3/c1-3-17-9-15-7-12(17)8-16-11-4-10(14(18)19)5-13(6-11)20-2/h4-7,9,16H,3,8H2,1-2H3,(H,18,19). The summed E-state index contributed by atoms with van der Waals surface area (Å²) < 4.78 is 7.13. The highest BCUT2D eigenvalue weighted by Crippen LogP contribution is 2.21. The van der Waals surface area contributed by atoms with Gasteiger partial charge in [0.1, 0.15) is 5.75 Å². The minimum Gasteiger partial charge on any atom is -0.497 e. The molecule has 1 heterocycles. The van der Waals surface area contributed by atoms with E-state index < -0.39 is 5.97 Å². The first kappa shape index (κ1) is 13.9. The summed E-state index contributed by atoms with van der Waals surface area (Å²) in [6.45, 7) is 3.45. The van der Waals surface area contributed by atoms with E-state index >= 15 is 0 Å². The summed E-state index contributed by atoms with van der Waals surface area (Å²) in [5.74, 6) is -0.470. The Morgan fingerprint density at radius 1 is 1.45 bits per heavy atom. The number of anilines is 1. The zero-order valence-corrected chi connectivity index (χ0v) is 11.5. The number of ether oxygens (including phenoxy) is 1. The molecule has 0 atom stereocenters. The van der Waals surface area contributed by atoms with Gasteiger partial charge in [-0.1, -0.05) is 0 Å². The third-order valence-electron chi connectivity index (χ3n) is 3.00. The van der Waals surface area contributed by atoms with Crippen LogP contribution in [-0.4, -0.2) is 27.7 Å².